The largest absolute Gasteiger partial charge is 0.416 e. The third kappa shape index (κ3) is 5.71. The predicted molar refractivity (Wildman–Crippen MR) is 133 cm³/mol. The number of esters is 2. The number of fused-ring (bicyclic) bond motifs is 2. The van der Waals surface area contributed by atoms with Gasteiger partial charge in [-0.3, -0.25) is 14.4 Å². The van der Waals surface area contributed by atoms with Crippen molar-refractivity contribution in [3.63, 3.8) is 0 Å². The third-order valence-electron chi connectivity index (χ3n) is 6.19. The Hall–Kier alpha value is -2.97. The van der Waals surface area contributed by atoms with Gasteiger partial charge in [0.2, 0.25) is 0 Å². The minimum Gasteiger partial charge on any atom is -0.416 e. The number of ketones is 1. The zero-order valence-electron chi connectivity index (χ0n) is 20.6. The Kier molecular flexibility index (Phi) is 7.38. The number of nitrogens with one attached hydrogen (secondary N) is 2. The Morgan fingerprint density at radius 1 is 1.11 bits per heavy atom. The number of benzene rings is 2. The van der Waals surface area contributed by atoms with E-state index < -0.39 is 23.5 Å². The molecule has 0 amide bonds. The van der Waals surface area contributed by atoms with Gasteiger partial charge in [-0.15, -0.1) is 0 Å². The average molecular weight is 517 g/mol. The molecule has 1 saturated heterocycles. The molecule has 1 fully saturated rings. The Morgan fingerprint density at radius 3 is 2.44 bits per heavy atom. The Balaban J connectivity index is 1.62. The van der Waals surface area contributed by atoms with Crippen LogP contribution in [0.15, 0.2) is 30.3 Å². The number of carbonyl (C=O) groups excluding carboxylic acids is 3. The maximum Gasteiger partial charge on any atom is 0.309 e. The second-order valence-electron chi connectivity index (χ2n) is 10.4. The molecule has 1 spiro atoms. The molecule has 9 heteroatoms. The number of halogens is 2. The van der Waals surface area contributed by atoms with Gasteiger partial charge in [0.25, 0.3) is 5.79 Å². The van der Waals surface area contributed by atoms with Crippen molar-refractivity contribution < 1.29 is 28.2 Å². The second-order valence-corrected chi connectivity index (χ2v) is 10.8. The number of hydrogen-bond acceptors (Lipinski definition) is 7. The van der Waals surface area contributed by atoms with Gasteiger partial charge in [0.1, 0.15) is 5.82 Å². The van der Waals surface area contributed by atoms with Crippen molar-refractivity contribution in [3.05, 3.63) is 63.4 Å². The van der Waals surface area contributed by atoms with Crippen LogP contribution in [0.3, 0.4) is 0 Å². The Morgan fingerprint density at radius 2 is 1.81 bits per heavy atom. The van der Waals surface area contributed by atoms with E-state index in [0.29, 0.717) is 52.4 Å². The van der Waals surface area contributed by atoms with Gasteiger partial charge >= 0.3 is 11.9 Å². The first-order valence-corrected chi connectivity index (χ1v) is 12.4. The van der Waals surface area contributed by atoms with Crippen molar-refractivity contribution in [2.24, 2.45) is 5.41 Å². The summed E-state index contributed by atoms with van der Waals surface area (Å²) in [6.07, 6.45) is 0.725. The first-order valence-electron chi connectivity index (χ1n) is 12.0. The van der Waals surface area contributed by atoms with Crippen LogP contribution in [0.4, 0.5) is 10.1 Å². The maximum absolute atomic E-state index is 14.9. The monoisotopic (exact) mass is 516 g/mol. The highest BCUT2D eigenvalue weighted by molar-refractivity contribution is 6.33. The number of hydrogen-bond donors (Lipinski definition) is 2. The fourth-order valence-electron chi connectivity index (χ4n) is 4.50. The van der Waals surface area contributed by atoms with Crippen LogP contribution in [0.1, 0.15) is 67.1 Å². The molecule has 2 aliphatic heterocycles. The van der Waals surface area contributed by atoms with Crippen molar-refractivity contribution in [2.45, 2.75) is 58.8 Å². The minimum atomic E-state index is -1.60. The third-order valence-corrected chi connectivity index (χ3v) is 6.51. The van der Waals surface area contributed by atoms with E-state index in [9.17, 15) is 18.8 Å². The summed E-state index contributed by atoms with van der Waals surface area (Å²) in [5.74, 6) is -3.25. The predicted octanol–water partition coefficient (Wildman–Crippen LogP) is 4.89. The lowest BCUT2D eigenvalue weighted by Gasteiger charge is -2.32. The van der Waals surface area contributed by atoms with Gasteiger partial charge in [-0.2, -0.15) is 0 Å². The number of Topliss-reactive ketones (excluding diaryl/α,β-unsaturated/α-hetero) is 1. The van der Waals surface area contributed by atoms with Gasteiger partial charge in [0, 0.05) is 29.7 Å². The van der Waals surface area contributed by atoms with Crippen LogP contribution < -0.4 is 10.6 Å². The van der Waals surface area contributed by atoms with Gasteiger partial charge < -0.3 is 20.1 Å². The number of rotatable bonds is 5. The summed E-state index contributed by atoms with van der Waals surface area (Å²) in [5, 5.41) is 6.77. The van der Waals surface area contributed by atoms with Crippen molar-refractivity contribution in [1.82, 2.24) is 5.32 Å². The quantitative estimate of drug-likeness (QED) is 0.431. The molecule has 2 aliphatic rings. The zero-order chi connectivity index (χ0) is 26.1. The molecule has 0 aliphatic carbocycles. The lowest BCUT2D eigenvalue weighted by molar-refractivity contribution is -0.225. The highest BCUT2D eigenvalue weighted by atomic mass is 35.5. The molecule has 7 nitrogen and oxygen atoms in total. The highest BCUT2D eigenvalue weighted by Gasteiger charge is 2.46. The molecule has 2 aromatic carbocycles. The molecule has 2 aromatic rings. The summed E-state index contributed by atoms with van der Waals surface area (Å²) in [6, 6.07) is 7.81. The molecular formula is C27H30ClFN2O5. The van der Waals surface area contributed by atoms with Crippen LogP contribution in [0, 0.1) is 11.2 Å². The number of carbonyl (C=O) groups is 3. The smallest absolute Gasteiger partial charge is 0.309 e. The Labute approximate surface area is 214 Å². The summed E-state index contributed by atoms with van der Waals surface area (Å²) >= 11 is 6.53. The van der Waals surface area contributed by atoms with Crippen LogP contribution in [0.5, 0.6) is 0 Å². The summed E-state index contributed by atoms with van der Waals surface area (Å²) in [6.45, 7) is 6.62. The lowest BCUT2D eigenvalue weighted by atomic mass is 9.87. The molecule has 0 saturated carbocycles. The highest BCUT2D eigenvalue weighted by Crippen LogP contribution is 2.40. The van der Waals surface area contributed by atoms with Crippen molar-refractivity contribution in [1.29, 1.82) is 0 Å². The van der Waals surface area contributed by atoms with E-state index in [1.165, 1.54) is 6.07 Å². The molecule has 36 heavy (non-hydrogen) atoms. The van der Waals surface area contributed by atoms with Gasteiger partial charge in [-0.1, -0.05) is 44.5 Å². The molecular weight excluding hydrogens is 487 g/mol. The van der Waals surface area contributed by atoms with Crippen LogP contribution in [-0.4, -0.2) is 30.8 Å². The molecule has 2 heterocycles. The van der Waals surface area contributed by atoms with E-state index >= 15 is 0 Å². The average Bonchev–Trinajstić information content (AvgIpc) is 3.05. The van der Waals surface area contributed by atoms with E-state index in [4.69, 9.17) is 21.1 Å². The molecule has 192 valence electrons. The van der Waals surface area contributed by atoms with Crippen LogP contribution in [-0.2, 0) is 37.8 Å². The van der Waals surface area contributed by atoms with E-state index in [1.807, 2.05) is 20.8 Å². The van der Waals surface area contributed by atoms with Crippen LogP contribution >= 0.6 is 11.6 Å². The van der Waals surface area contributed by atoms with Crippen molar-refractivity contribution in [3.8, 4) is 0 Å². The van der Waals surface area contributed by atoms with Crippen molar-refractivity contribution >= 4 is 35.0 Å². The molecule has 2 N–H and O–H groups in total. The lowest BCUT2D eigenvalue weighted by Crippen LogP contribution is -2.43. The van der Waals surface area contributed by atoms with E-state index in [-0.39, 0.29) is 37.1 Å². The maximum atomic E-state index is 14.9. The minimum absolute atomic E-state index is 0.0534. The van der Waals surface area contributed by atoms with Crippen LogP contribution in [0.25, 0.3) is 0 Å². The van der Waals surface area contributed by atoms with Gasteiger partial charge in [0.15, 0.2) is 5.78 Å². The number of ether oxygens (including phenoxy) is 2. The van der Waals surface area contributed by atoms with E-state index in [0.717, 1.165) is 0 Å². The van der Waals surface area contributed by atoms with Gasteiger partial charge in [0.05, 0.1) is 30.1 Å². The molecule has 4 rings (SSSR count). The fourth-order valence-corrected chi connectivity index (χ4v) is 4.74. The molecule has 0 unspecified atom stereocenters. The summed E-state index contributed by atoms with van der Waals surface area (Å²) < 4.78 is 26.2. The first-order chi connectivity index (χ1) is 17.0. The standard InChI is InChI=1S/C27H30ClFN2O5/c1-26(2,3)13-22(32)16-4-5-17(21(29)12-16)14-31-25-18-10-11-30-15-27(19(18)6-7-20(25)28)35-23(33)8-9-24(34)36-27/h4-7,12,30-31H,8-11,13-15H2,1-3H3. The van der Waals surface area contributed by atoms with Crippen LogP contribution in [0.2, 0.25) is 5.02 Å². The Bertz CT molecular complexity index is 1190. The van der Waals surface area contributed by atoms with Gasteiger partial charge in [-0.25, -0.2) is 4.39 Å². The summed E-state index contributed by atoms with van der Waals surface area (Å²) in [4.78, 5) is 37.1. The summed E-state index contributed by atoms with van der Waals surface area (Å²) in [5.41, 5.74) is 2.29. The first kappa shape index (κ1) is 26.1. The normalized spacial score (nSPS) is 17.5. The zero-order valence-corrected chi connectivity index (χ0v) is 21.4. The van der Waals surface area contributed by atoms with E-state index in [1.54, 1.807) is 24.3 Å². The number of anilines is 1. The fraction of sp³-hybridized carbons (Fsp3) is 0.444. The molecule has 0 atom stereocenters. The molecule has 0 aromatic heterocycles. The second kappa shape index (κ2) is 10.2. The molecule has 0 bridgehead atoms. The topological polar surface area (TPSA) is 93.7 Å². The molecule has 0 radical (unpaired) electrons. The summed E-state index contributed by atoms with van der Waals surface area (Å²) in [7, 11) is 0. The SMILES string of the molecule is CC(C)(C)CC(=O)c1ccc(CNc2c(Cl)ccc3c2CCNCC32OC(=O)CCC(=O)O2)c(F)c1. The van der Waals surface area contributed by atoms with Crippen molar-refractivity contribution in [2.75, 3.05) is 18.4 Å². The van der Waals surface area contributed by atoms with Gasteiger partial charge in [-0.05, 0) is 42.1 Å². The van der Waals surface area contributed by atoms with E-state index in [2.05, 4.69) is 10.6 Å².